The second-order valence-corrected chi connectivity index (χ2v) is 5.22. The van der Waals surface area contributed by atoms with Crippen LogP contribution >= 0.6 is 0 Å². The van der Waals surface area contributed by atoms with Crippen LogP contribution in [-0.4, -0.2) is 5.97 Å². The fourth-order valence-electron chi connectivity index (χ4n) is 2.39. The number of carbonyl (C=O) groups is 1. The number of carbonyl (C=O) groups excluding carboxylic acids is 1. The number of benzene rings is 2. The zero-order valence-corrected chi connectivity index (χ0v) is 12.1. The molecule has 21 heavy (non-hydrogen) atoms. The Kier molecular flexibility index (Phi) is 3.44. The van der Waals surface area contributed by atoms with E-state index in [4.69, 9.17) is 4.74 Å². The van der Waals surface area contributed by atoms with Gasteiger partial charge in [0.2, 0.25) is 0 Å². The highest BCUT2D eigenvalue weighted by atomic mass is 16.5. The number of esters is 1. The van der Waals surface area contributed by atoms with E-state index in [2.05, 4.69) is 13.0 Å². The summed E-state index contributed by atoms with van der Waals surface area (Å²) < 4.78 is 5.35. The zero-order chi connectivity index (χ0) is 14.8. The van der Waals surface area contributed by atoms with Crippen LogP contribution in [0.4, 0.5) is 0 Å². The molecule has 0 atom stereocenters. The molecule has 2 heteroatoms. The fraction of sp³-hybridized carbons (Fsp3) is 0.105. The first kappa shape index (κ1) is 13.4. The van der Waals surface area contributed by atoms with E-state index in [1.807, 2.05) is 55.5 Å². The number of cyclic esters (lactones) is 1. The highest BCUT2D eigenvalue weighted by Crippen LogP contribution is 2.27. The van der Waals surface area contributed by atoms with Crippen molar-refractivity contribution in [3.05, 3.63) is 82.4 Å². The molecular weight excluding hydrogens is 260 g/mol. The highest BCUT2D eigenvalue weighted by molar-refractivity contribution is 6.05. The van der Waals surface area contributed by atoms with E-state index in [0.717, 1.165) is 16.7 Å². The molecule has 0 bridgehead atoms. The normalized spacial score (nSPS) is 16.0. The summed E-state index contributed by atoms with van der Waals surface area (Å²) in [5.74, 6) is 0.311. The standard InChI is InChI=1S/C19H16O2/c1-13-8-9-16(14(2)10-13)11-17-12-18(21-19(17)20)15-6-4-3-5-7-15/h3-12H,1-2H3/b17-11+. The fourth-order valence-corrected chi connectivity index (χ4v) is 2.39. The lowest BCUT2D eigenvalue weighted by Crippen LogP contribution is -1.97. The predicted octanol–water partition coefficient (Wildman–Crippen LogP) is 4.28. The molecule has 2 aromatic rings. The largest absolute Gasteiger partial charge is 0.422 e. The van der Waals surface area contributed by atoms with Gasteiger partial charge in [0.05, 0.1) is 5.57 Å². The van der Waals surface area contributed by atoms with Gasteiger partial charge in [-0.25, -0.2) is 4.79 Å². The lowest BCUT2D eigenvalue weighted by atomic mass is 10.0. The van der Waals surface area contributed by atoms with E-state index in [0.29, 0.717) is 11.3 Å². The van der Waals surface area contributed by atoms with Crippen molar-refractivity contribution in [2.24, 2.45) is 0 Å². The third-order valence-corrected chi connectivity index (χ3v) is 3.52. The van der Waals surface area contributed by atoms with Crippen LogP contribution in [-0.2, 0) is 9.53 Å². The summed E-state index contributed by atoms with van der Waals surface area (Å²) >= 11 is 0. The summed E-state index contributed by atoms with van der Waals surface area (Å²) in [6.07, 6.45) is 3.68. The summed E-state index contributed by atoms with van der Waals surface area (Å²) in [6.45, 7) is 4.10. The van der Waals surface area contributed by atoms with Gasteiger partial charge in [0.25, 0.3) is 0 Å². The molecule has 2 nitrogen and oxygen atoms in total. The van der Waals surface area contributed by atoms with Crippen molar-refractivity contribution in [2.45, 2.75) is 13.8 Å². The maximum Gasteiger partial charge on any atom is 0.343 e. The summed E-state index contributed by atoms with van der Waals surface area (Å²) in [7, 11) is 0. The van der Waals surface area contributed by atoms with Crippen LogP contribution in [0.2, 0.25) is 0 Å². The molecule has 0 amide bonds. The Morgan fingerprint density at radius 1 is 1.00 bits per heavy atom. The van der Waals surface area contributed by atoms with Crippen LogP contribution in [0.1, 0.15) is 22.3 Å². The molecule has 104 valence electrons. The Balaban J connectivity index is 1.97. The van der Waals surface area contributed by atoms with E-state index in [1.165, 1.54) is 5.56 Å². The minimum atomic E-state index is -0.297. The minimum Gasteiger partial charge on any atom is -0.422 e. The SMILES string of the molecule is Cc1ccc(/C=C2\C=C(c3ccccc3)OC2=O)c(C)c1. The first-order valence-corrected chi connectivity index (χ1v) is 6.92. The van der Waals surface area contributed by atoms with Crippen molar-refractivity contribution in [1.29, 1.82) is 0 Å². The molecule has 1 aliphatic rings. The minimum absolute atomic E-state index is 0.297. The topological polar surface area (TPSA) is 26.3 Å². The number of ether oxygens (including phenoxy) is 1. The summed E-state index contributed by atoms with van der Waals surface area (Å²) in [5, 5.41) is 0. The quantitative estimate of drug-likeness (QED) is 0.604. The first-order valence-electron chi connectivity index (χ1n) is 6.92. The highest BCUT2D eigenvalue weighted by Gasteiger charge is 2.21. The van der Waals surface area contributed by atoms with E-state index in [1.54, 1.807) is 6.08 Å². The number of hydrogen-bond acceptors (Lipinski definition) is 2. The molecule has 0 aliphatic carbocycles. The average molecular weight is 276 g/mol. The second kappa shape index (κ2) is 5.41. The maximum absolute atomic E-state index is 12.0. The Morgan fingerprint density at radius 3 is 2.48 bits per heavy atom. The molecule has 0 N–H and O–H groups in total. The van der Waals surface area contributed by atoms with E-state index < -0.39 is 0 Å². The number of hydrogen-bond donors (Lipinski definition) is 0. The maximum atomic E-state index is 12.0. The molecule has 0 radical (unpaired) electrons. The average Bonchev–Trinajstić information content (AvgIpc) is 2.84. The summed E-state index contributed by atoms with van der Waals surface area (Å²) in [5.41, 5.74) is 4.90. The van der Waals surface area contributed by atoms with Gasteiger partial charge >= 0.3 is 5.97 Å². The van der Waals surface area contributed by atoms with Crippen LogP contribution in [0.15, 0.2) is 60.2 Å². The molecule has 3 rings (SSSR count). The molecule has 0 saturated carbocycles. The molecule has 2 aromatic carbocycles. The van der Waals surface area contributed by atoms with E-state index in [-0.39, 0.29) is 5.97 Å². The van der Waals surface area contributed by atoms with E-state index >= 15 is 0 Å². The number of aryl methyl sites for hydroxylation is 2. The van der Waals surface area contributed by atoms with Crippen molar-refractivity contribution >= 4 is 17.8 Å². The van der Waals surface area contributed by atoms with Gasteiger partial charge in [-0.3, -0.25) is 0 Å². The Bertz CT molecular complexity index is 752. The third kappa shape index (κ3) is 2.79. The first-order chi connectivity index (χ1) is 10.1. The van der Waals surface area contributed by atoms with Crippen molar-refractivity contribution in [3.63, 3.8) is 0 Å². The lowest BCUT2D eigenvalue weighted by Gasteiger charge is -2.02. The molecule has 0 spiro atoms. The molecule has 0 saturated heterocycles. The predicted molar refractivity (Wildman–Crippen MR) is 84.4 cm³/mol. The van der Waals surface area contributed by atoms with E-state index in [9.17, 15) is 4.79 Å². The summed E-state index contributed by atoms with van der Waals surface area (Å²) in [4.78, 5) is 12.0. The van der Waals surface area contributed by atoms with Crippen LogP contribution < -0.4 is 0 Å². The van der Waals surface area contributed by atoms with Gasteiger partial charge in [0.1, 0.15) is 5.76 Å². The monoisotopic (exact) mass is 276 g/mol. The summed E-state index contributed by atoms with van der Waals surface area (Å²) in [6, 6.07) is 15.8. The van der Waals surface area contributed by atoms with Crippen molar-refractivity contribution < 1.29 is 9.53 Å². The van der Waals surface area contributed by atoms with Gasteiger partial charge < -0.3 is 4.74 Å². The molecule has 0 unspecified atom stereocenters. The molecule has 0 fully saturated rings. The van der Waals surface area contributed by atoms with Gasteiger partial charge in [-0.1, -0.05) is 54.1 Å². The molecule has 1 heterocycles. The van der Waals surface area contributed by atoms with Crippen molar-refractivity contribution in [2.75, 3.05) is 0 Å². The zero-order valence-electron chi connectivity index (χ0n) is 12.1. The Labute approximate surface area is 124 Å². The van der Waals surface area contributed by atoms with Crippen LogP contribution in [0, 0.1) is 13.8 Å². The van der Waals surface area contributed by atoms with Gasteiger partial charge in [0, 0.05) is 5.56 Å². The number of rotatable bonds is 2. The second-order valence-electron chi connectivity index (χ2n) is 5.22. The van der Waals surface area contributed by atoms with Gasteiger partial charge in [0.15, 0.2) is 0 Å². The Hall–Kier alpha value is -2.61. The van der Waals surface area contributed by atoms with Crippen molar-refractivity contribution in [3.8, 4) is 0 Å². The smallest absolute Gasteiger partial charge is 0.343 e. The van der Waals surface area contributed by atoms with Gasteiger partial charge in [-0.2, -0.15) is 0 Å². The van der Waals surface area contributed by atoms with Crippen LogP contribution in [0.25, 0.3) is 11.8 Å². The van der Waals surface area contributed by atoms with Crippen LogP contribution in [0.5, 0.6) is 0 Å². The third-order valence-electron chi connectivity index (χ3n) is 3.52. The van der Waals surface area contributed by atoms with Gasteiger partial charge in [-0.15, -0.1) is 0 Å². The Morgan fingerprint density at radius 2 is 1.76 bits per heavy atom. The van der Waals surface area contributed by atoms with Crippen molar-refractivity contribution in [1.82, 2.24) is 0 Å². The van der Waals surface area contributed by atoms with Crippen LogP contribution in [0.3, 0.4) is 0 Å². The lowest BCUT2D eigenvalue weighted by molar-refractivity contribution is -0.130. The molecular formula is C19H16O2. The molecule has 0 aromatic heterocycles. The van der Waals surface area contributed by atoms with Gasteiger partial charge in [-0.05, 0) is 37.1 Å². The molecule has 1 aliphatic heterocycles.